The Morgan fingerprint density at radius 1 is 0.800 bits per heavy atom. The van der Waals surface area contributed by atoms with E-state index in [-0.39, 0.29) is 5.91 Å². The first kappa shape index (κ1) is 21.0. The van der Waals surface area contributed by atoms with Crippen LogP contribution in [0.15, 0.2) is 109 Å². The maximum atomic E-state index is 14.1. The molecule has 1 aliphatic rings. The van der Waals surface area contributed by atoms with E-state index >= 15 is 0 Å². The quantitative estimate of drug-likeness (QED) is 0.241. The first-order chi connectivity index (χ1) is 17.2. The van der Waals surface area contributed by atoms with Crippen LogP contribution in [0.4, 0.5) is 11.4 Å². The van der Waals surface area contributed by atoms with Crippen molar-refractivity contribution in [2.24, 2.45) is 0 Å². The third-order valence-corrected chi connectivity index (χ3v) is 6.67. The summed E-state index contributed by atoms with van der Waals surface area (Å²) in [6.45, 7) is 0.605. The van der Waals surface area contributed by atoms with Crippen molar-refractivity contribution in [2.75, 3.05) is 17.2 Å². The topological polar surface area (TPSA) is 62.1 Å². The fraction of sp³-hybridized carbons (Fsp3) is 0.0645. The molecule has 0 aliphatic carbocycles. The summed E-state index contributed by atoms with van der Waals surface area (Å²) in [5.74, 6) is -0.000889. The number of anilines is 2. The molecule has 4 heteroatoms. The number of hydrogen-bond donors (Lipinski definition) is 2. The molecule has 1 amide bonds. The number of aromatic amines is 1. The molecule has 1 aromatic heterocycles. The van der Waals surface area contributed by atoms with Crippen LogP contribution in [0.25, 0.3) is 22.0 Å². The van der Waals surface area contributed by atoms with E-state index in [0.29, 0.717) is 17.8 Å². The van der Waals surface area contributed by atoms with Crippen LogP contribution < -0.4 is 10.6 Å². The second kappa shape index (κ2) is 8.65. The SMILES string of the molecule is Nc1ccccc1C(=C1C(=O)N(CCc2ccccc2)c2ccccc21)c1cc2ccccc2[nH]1. The molecule has 0 saturated carbocycles. The van der Waals surface area contributed by atoms with E-state index in [0.717, 1.165) is 45.4 Å². The van der Waals surface area contributed by atoms with Crippen LogP contribution in [-0.2, 0) is 11.2 Å². The van der Waals surface area contributed by atoms with Crippen molar-refractivity contribution in [2.45, 2.75) is 6.42 Å². The summed E-state index contributed by atoms with van der Waals surface area (Å²) in [7, 11) is 0. The molecule has 170 valence electrons. The van der Waals surface area contributed by atoms with E-state index < -0.39 is 0 Å². The van der Waals surface area contributed by atoms with Gasteiger partial charge in [-0.15, -0.1) is 0 Å². The number of nitrogens with zero attached hydrogens (tertiary/aromatic N) is 1. The molecule has 0 spiro atoms. The molecule has 0 atom stereocenters. The van der Waals surface area contributed by atoms with Crippen LogP contribution >= 0.6 is 0 Å². The Morgan fingerprint density at radius 2 is 1.51 bits per heavy atom. The molecule has 3 N–H and O–H groups in total. The lowest BCUT2D eigenvalue weighted by molar-refractivity contribution is -0.113. The van der Waals surface area contributed by atoms with E-state index in [4.69, 9.17) is 5.73 Å². The number of nitrogen functional groups attached to an aromatic ring is 1. The number of aromatic nitrogens is 1. The predicted octanol–water partition coefficient (Wildman–Crippen LogP) is 6.30. The van der Waals surface area contributed by atoms with Gasteiger partial charge in [-0.1, -0.05) is 84.9 Å². The van der Waals surface area contributed by atoms with E-state index in [1.54, 1.807) is 0 Å². The van der Waals surface area contributed by atoms with E-state index in [2.05, 4.69) is 29.2 Å². The highest BCUT2D eigenvalue weighted by molar-refractivity contribution is 6.39. The van der Waals surface area contributed by atoms with Gasteiger partial charge in [0.15, 0.2) is 0 Å². The molecular weight excluding hydrogens is 430 g/mol. The van der Waals surface area contributed by atoms with Crippen molar-refractivity contribution in [3.05, 3.63) is 132 Å². The Bertz CT molecular complexity index is 1550. The third kappa shape index (κ3) is 3.69. The molecule has 1 aliphatic heterocycles. The first-order valence-electron chi connectivity index (χ1n) is 11.8. The monoisotopic (exact) mass is 455 g/mol. The van der Waals surface area contributed by atoms with Crippen molar-refractivity contribution < 1.29 is 4.79 Å². The number of rotatable bonds is 5. The average molecular weight is 456 g/mol. The highest BCUT2D eigenvalue weighted by Gasteiger charge is 2.35. The molecule has 6 rings (SSSR count). The van der Waals surface area contributed by atoms with Crippen molar-refractivity contribution in [1.29, 1.82) is 0 Å². The summed E-state index contributed by atoms with van der Waals surface area (Å²) in [4.78, 5) is 19.6. The summed E-state index contributed by atoms with van der Waals surface area (Å²) >= 11 is 0. The van der Waals surface area contributed by atoms with Gasteiger partial charge in [-0.25, -0.2) is 0 Å². The van der Waals surface area contributed by atoms with Gasteiger partial charge in [0.1, 0.15) is 0 Å². The first-order valence-corrected chi connectivity index (χ1v) is 11.8. The number of amides is 1. The number of hydrogen-bond acceptors (Lipinski definition) is 2. The van der Waals surface area contributed by atoms with Gasteiger partial charge >= 0.3 is 0 Å². The van der Waals surface area contributed by atoms with Gasteiger partial charge < -0.3 is 15.6 Å². The number of benzene rings is 4. The lowest BCUT2D eigenvalue weighted by Gasteiger charge is -2.18. The highest BCUT2D eigenvalue weighted by Crippen LogP contribution is 2.44. The molecule has 35 heavy (non-hydrogen) atoms. The van der Waals surface area contributed by atoms with Gasteiger partial charge in [0.2, 0.25) is 0 Å². The maximum absolute atomic E-state index is 14.1. The minimum atomic E-state index is -0.000889. The fourth-order valence-corrected chi connectivity index (χ4v) is 4.98. The van der Waals surface area contributed by atoms with E-state index in [9.17, 15) is 4.79 Å². The van der Waals surface area contributed by atoms with Crippen molar-refractivity contribution in [1.82, 2.24) is 4.98 Å². The molecular formula is C31H25N3O. The number of carbonyl (C=O) groups excluding carboxylic acids is 1. The summed E-state index contributed by atoms with van der Waals surface area (Å²) in [5.41, 5.74) is 14.5. The van der Waals surface area contributed by atoms with Crippen LogP contribution in [0.2, 0.25) is 0 Å². The van der Waals surface area contributed by atoms with Crippen LogP contribution in [0.1, 0.15) is 22.4 Å². The minimum absolute atomic E-state index is 0.000889. The number of fused-ring (bicyclic) bond motifs is 2. The van der Waals surface area contributed by atoms with E-state index in [1.165, 1.54) is 5.56 Å². The van der Waals surface area contributed by atoms with Crippen molar-refractivity contribution >= 4 is 39.3 Å². The second-order valence-electron chi connectivity index (χ2n) is 8.82. The van der Waals surface area contributed by atoms with Gasteiger partial charge in [0, 0.05) is 45.5 Å². The Hall–Kier alpha value is -4.57. The van der Waals surface area contributed by atoms with Crippen molar-refractivity contribution in [3.63, 3.8) is 0 Å². The molecule has 0 bridgehead atoms. The molecule has 0 unspecified atom stereocenters. The van der Waals surface area contributed by atoms with Gasteiger partial charge in [-0.2, -0.15) is 0 Å². The maximum Gasteiger partial charge on any atom is 0.259 e. The zero-order valence-corrected chi connectivity index (χ0v) is 19.2. The smallest absolute Gasteiger partial charge is 0.259 e. The molecule has 4 nitrogen and oxygen atoms in total. The zero-order chi connectivity index (χ0) is 23.8. The largest absolute Gasteiger partial charge is 0.398 e. The Morgan fingerprint density at radius 3 is 2.34 bits per heavy atom. The average Bonchev–Trinajstić information content (AvgIpc) is 3.44. The van der Waals surface area contributed by atoms with Gasteiger partial charge in [-0.3, -0.25) is 4.79 Å². The van der Waals surface area contributed by atoms with Gasteiger partial charge in [-0.05, 0) is 36.2 Å². The van der Waals surface area contributed by atoms with Crippen molar-refractivity contribution in [3.8, 4) is 0 Å². The third-order valence-electron chi connectivity index (χ3n) is 6.67. The number of carbonyl (C=O) groups is 1. The van der Waals surface area contributed by atoms with Crippen LogP contribution in [0.5, 0.6) is 0 Å². The predicted molar refractivity (Wildman–Crippen MR) is 144 cm³/mol. The Labute approximate surface area is 204 Å². The molecule has 2 heterocycles. The standard InChI is InChI=1S/C31H25N3O/c32-25-15-7-5-13-23(25)29(27-20-22-12-4-8-16-26(22)33-27)30-24-14-6-9-17-28(24)34(31(30)35)19-18-21-10-2-1-3-11-21/h1-17,20,33H,18-19,32H2. The molecule has 0 saturated heterocycles. The van der Waals surface area contributed by atoms with Crippen LogP contribution in [0, 0.1) is 0 Å². The number of para-hydroxylation sites is 3. The summed E-state index contributed by atoms with van der Waals surface area (Å²) in [5, 5.41) is 1.09. The lowest BCUT2D eigenvalue weighted by atomic mass is 9.92. The normalized spacial score (nSPS) is 14.4. The summed E-state index contributed by atoms with van der Waals surface area (Å²) in [6.07, 6.45) is 0.781. The zero-order valence-electron chi connectivity index (χ0n) is 19.2. The second-order valence-corrected chi connectivity index (χ2v) is 8.82. The van der Waals surface area contributed by atoms with Crippen LogP contribution in [-0.4, -0.2) is 17.4 Å². The Balaban J connectivity index is 1.55. The highest BCUT2D eigenvalue weighted by atomic mass is 16.2. The molecule has 0 fully saturated rings. The summed E-state index contributed by atoms with van der Waals surface area (Å²) < 4.78 is 0. The molecule has 4 aromatic carbocycles. The molecule has 5 aromatic rings. The fourth-order valence-electron chi connectivity index (χ4n) is 4.98. The number of H-pyrrole nitrogens is 1. The number of nitrogens with two attached hydrogens (primary N) is 1. The Kier molecular flexibility index (Phi) is 5.19. The lowest BCUT2D eigenvalue weighted by Crippen LogP contribution is -2.29. The minimum Gasteiger partial charge on any atom is -0.398 e. The molecule has 0 radical (unpaired) electrons. The van der Waals surface area contributed by atoms with Gasteiger partial charge in [0.25, 0.3) is 5.91 Å². The summed E-state index contributed by atoms with van der Waals surface area (Å²) in [6, 6.07) is 36.3. The van der Waals surface area contributed by atoms with E-state index in [1.807, 2.05) is 89.8 Å². The van der Waals surface area contributed by atoms with Crippen LogP contribution in [0.3, 0.4) is 0 Å². The number of nitrogens with one attached hydrogen (secondary N) is 1. The van der Waals surface area contributed by atoms with Gasteiger partial charge in [0.05, 0.1) is 11.3 Å².